The van der Waals surface area contributed by atoms with Gasteiger partial charge in [-0.1, -0.05) is 0 Å². The number of hydrogen-bond acceptors (Lipinski definition) is 2. The van der Waals surface area contributed by atoms with E-state index in [-0.39, 0.29) is 5.57 Å². The van der Waals surface area contributed by atoms with Gasteiger partial charge in [0.15, 0.2) is 12.5 Å². The van der Waals surface area contributed by atoms with Crippen LogP contribution in [0.15, 0.2) is 11.8 Å². The lowest BCUT2D eigenvalue weighted by Gasteiger charge is -1.88. The Morgan fingerprint density at radius 3 is 2.50 bits per heavy atom. The first-order valence-corrected chi connectivity index (χ1v) is 2.12. The zero-order chi connectivity index (χ0) is 6.57. The van der Waals surface area contributed by atoms with Crippen LogP contribution in [0, 0.1) is 0 Å². The van der Waals surface area contributed by atoms with Crippen LogP contribution in [0.4, 0.5) is 4.39 Å². The molecule has 0 aliphatic heterocycles. The normalized spacial score (nSPS) is 11.5. The predicted molar refractivity (Wildman–Crippen MR) is 27.4 cm³/mol. The summed E-state index contributed by atoms with van der Waals surface area (Å²) in [4.78, 5) is 10.1. The van der Waals surface area contributed by atoms with Gasteiger partial charge in [-0.3, -0.25) is 4.79 Å². The maximum absolute atomic E-state index is 11.3. The van der Waals surface area contributed by atoms with Crippen LogP contribution in [0.25, 0.3) is 0 Å². The van der Waals surface area contributed by atoms with Crippen molar-refractivity contribution in [1.82, 2.24) is 0 Å². The molecule has 3 heteroatoms. The molecule has 0 aliphatic rings. The molecule has 0 rings (SSSR count). The molecule has 46 valence electrons. The number of halogens is 1. The van der Waals surface area contributed by atoms with Crippen LogP contribution in [0.2, 0.25) is 0 Å². The van der Waals surface area contributed by atoms with Crippen molar-refractivity contribution >= 4 is 5.78 Å². The van der Waals surface area contributed by atoms with E-state index in [4.69, 9.17) is 5.11 Å². The minimum Gasteiger partial charge on any atom is -0.515 e. The number of ketones is 1. The van der Waals surface area contributed by atoms with E-state index in [2.05, 4.69) is 0 Å². The number of aliphatic hydroxyl groups is 1. The molecule has 0 saturated heterocycles. The summed E-state index contributed by atoms with van der Waals surface area (Å²) in [6, 6.07) is 0. The van der Waals surface area contributed by atoms with Crippen LogP contribution in [0.1, 0.15) is 6.92 Å². The summed E-state index contributed by atoms with van der Waals surface area (Å²) >= 11 is 0. The van der Waals surface area contributed by atoms with Gasteiger partial charge in [0.1, 0.15) is 0 Å². The number of allylic oxidation sites excluding steroid dienone is 1. The van der Waals surface area contributed by atoms with Gasteiger partial charge in [0.05, 0.1) is 6.26 Å². The Labute approximate surface area is 46.6 Å². The summed E-state index contributed by atoms with van der Waals surface area (Å²) < 4.78 is 11.3. The fraction of sp³-hybridized carbons (Fsp3) is 0.400. The van der Waals surface area contributed by atoms with Crippen molar-refractivity contribution in [3.8, 4) is 0 Å². The van der Waals surface area contributed by atoms with E-state index < -0.39 is 12.5 Å². The molecule has 0 spiro atoms. The van der Waals surface area contributed by atoms with Crippen LogP contribution in [-0.4, -0.2) is 17.6 Å². The minimum absolute atomic E-state index is 0.0486. The fourth-order valence-electron chi connectivity index (χ4n) is 0.177. The van der Waals surface area contributed by atoms with E-state index in [0.29, 0.717) is 6.26 Å². The molecule has 0 amide bonds. The number of rotatable bonds is 2. The van der Waals surface area contributed by atoms with Crippen LogP contribution in [0.5, 0.6) is 0 Å². The van der Waals surface area contributed by atoms with Crippen LogP contribution < -0.4 is 0 Å². The van der Waals surface area contributed by atoms with Crippen molar-refractivity contribution in [3.63, 3.8) is 0 Å². The molecular weight excluding hydrogens is 111 g/mol. The fourth-order valence-corrected chi connectivity index (χ4v) is 0.177. The number of Topliss-reactive ketones (excluding diaryl/α,β-unsaturated/α-hetero) is 1. The highest BCUT2D eigenvalue weighted by atomic mass is 19.1. The van der Waals surface area contributed by atoms with Crippen molar-refractivity contribution < 1.29 is 14.3 Å². The third-order valence-corrected chi connectivity index (χ3v) is 0.755. The summed E-state index contributed by atoms with van der Waals surface area (Å²) in [5.41, 5.74) is 0.0486. The van der Waals surface area contributed by atoms with Gasteiger partial charge in [-0.15, -0.1) is 0 Å². The van der Waals surface area contributed by atoms with E-state index in [1.807, 2.05) is 0 Å². The molecule has 0 aromatic heterocycles. The minimum atomic E-state index is -1.04. The van der Waals surface area contributed by atoms with Gasteiger partial charge in [-0.25, -0.2) is 4.39 Å². The molecular formula is C5H7FO2. The lowest BCUT2D eigenvalue weighted by atomic mass is 10.2. The summed E-state index contributed by atoms with van der Waals surface area (Å²) in [5, 5.41) is 8.09. The smallest absolute Gasteiger partial charge is 0.192 e. The number of carbonyl (C=O) groups is 1. The molecule has 0 bridgehead atoms. The highest BCUT2D eigenvalue weighted by Gasteiger charge is 2.00. The zero-order valence-corrected chi connectivity index (χ0v) is 4.52. The molecule has 0 fully saturated rings. The Kier molecular flexibility index (Phi) is 2.84. The zero-order valence-electron chi connectivity index (χ0n) is 4.52. The number of aliphatic hydroxyl groups excluding tert-OH is 1. The Balaban J connectivity index is 3.83. The summed E-state index contributed by atoms with van der Waals surface area (Å²) in [7, 11) is 0. The van der Waals surface area contributed by atoms with Crippen molar-refractivity contribution in [2.75, 3.05) is 6.67 Å². The Morgan fingerprint density at radius 1 is 1.88 bits per heavy atom. The van der Waals surface area contributed by atoms with Crippen molar-refractivity contribution in [2.45, 2.75) is 6.92 Å². The highest BCUT2D eigenvalue weighted by Crippen LogP contribution is 1.91. The second kappa shape index (κ2) is 3.18. The highest BCUT2D eigenvalue weighted by molar-refractivity contribution is 5.95. The second-order valence-electron chi connectivity index (χ2n) is 1.37. The summed E-state index contributed by atoms with van der Waals surface area (Å²) in [6.07, 6.45) is 0.599. The Hall–Kier alpha value is -0.860. The van der Waals surface area contributed by atoms with E-state index in [1.165, 1.54) is 6.92 Å². The first kappa shape index (κ1) is 7.14. The molecule has 0 aromatic carbocycles. The Bertz CT molecular complexity index is 118. The predicted octanol–water partition coefficient (Wildman–Crippen LogP) is 0.987. The molecule has 2 nitrogen and oxygen atoms in total. The molecule has 1 N–H and O–H groups in total. The average Bonchev–Trinajstić information content (AvgIpc) is 1.84. The maximum atomic E-state index is 11.3. The van der Waals surface area contributed by atoms with E-state index >= 15 is 0 Å². The Morgan fingerprint density at radius 2 is 2.38 bits per heavy atom. The average molecular weight is 118 g/mol. The number of hydrogen-bond donors (Lipinski definition) is 1. The van der Waals surface area contributed by atoms with Gasteiger partial charge in [-0.05, 0) is 6.92 Å². The SMILES string of the molecule is CC(=CO)C(=O)CF. The number of alkyl halides is 1. The second-order valence-corrected chi connectivity index (χ2v) is 1.37. The molecule has 0 radical (unpaired) electrons. The van der Waals surface area contributed by atoms with Gasteiger partial charge in [0.2, 0.25) is 0 Å². The van der Waals surface area contributed by atoms with Crippen molar-refractivity contribution in [1.29, 1.82) is 0 Å². The third-order valence-electron chi connectivity index (χ3n) is 0.755. The van der Waals surface area contributed by atoms with E-state index in [9.17, 15) is 9.18 Å². The van der Waals surface area contributed by atoms with Gasteiger partial charge in [0.25, 0.3) is 0 Å². The monoisotopic (exact) mass is 118 g/mol. The third kappa shape index (κ3) is 1.73. The molecule has 0 aliphatic carbocycles. The lowest BCUT2D eigenvalue weighted by molar-refractivity contribution is -0.116. The van der Waals surface area contributed by atoms with Gasteiger partial charge in [0, 0.05) is 5.57 Å². The van der Waals surface area contributed by atoms with Gasteiger partial charge in [-0.2, -0.15) is 0 Å². The van der Waals surface area contributed by atoms with E-state index in [0.717, 1.165) is 0 Å². The molecule has 0 heterocycles. The van der Waals surface area contributed by atoms with Crippen molar-refractivity contribution in [2.24, 2.45) is 0 Å². The number of carbonyl (C=O) groups excluding carboxylic acids is 1. The maximum Gasteiger partial charge on any atom is 0.192 e. The first-order valence-electron chi connectivity index (χ1n) is 2.12. The summed E-state index contributed by atoms with van der Waals surface area (Å²) in [5.74, 6) is -0.674. The van der Waals surface area contributed by atoms with Gasteiger partial charge < -0.3 is 5.11 Å². The quantitative estimate of drug-likeness (QED) is 0.433. The first-order chi connectivity index (χ1) is 3.72. The largest absolute Gasteiger partial charge is 0.515 e. The molecule has 0 aromatic rings. The van der Waals surface area contributed by atoms with Crippen LogP contribution >= 0.6 is 0 Å². The van der Waals surface area contributed by atoms with Crippen LogP contribution in [0.3, 0.4) is 0 Å². The van der Waals surface area contributed by atoms with Crippen molar-refractivity contribution in [3.05, 3.63) is 11.8 Å². The van der Waals surface area contributed by atoms with Gasteiger partial charge >= 0.3 is 0 Å². The van der Waals surface area contributed by atoms with E-state index in [1.54, 1.807) is 0 Å². The van der Waals surface area contributed by atoms with Crippen LogP contribution in [-0.2, 0) is 4.79 Å². The molecule has 8 heavy (non-hydrogen) atoms. The molecule has 0 atom stereocenters. The molecule has 0 saturated carbocycles. The topological polar surface area (TPSA) is 37.3 Å². The lowest BCUT2D eigenvalue weighted by Crippen LogP contribution is -2.00. The summed E-state index contributed by atoms with van der Waals surface area (Å²) in [6.45, 7) is 0.310. The molecule has 0 unspecified atom stereocenters. The standard InChI is InChI=1S/C5H7FO2/c1-4(3-7)5(8)2-6/h3,7H,2H2,1H3.